The van der Waals surface area contributed by atoms with E-state index in [4.69, 9.17) is 5.11 Å². The van der Waals surface area contributed by atoms with Gasteiger partial charge in [-0.15, -0.1) is 0 Å². The van der Waals surface area contributed by atoms with E-state index in [9.17, 15) is 13.2 Å². The summed E-state index contributed by atoms with van der Waals surface area (Å²) in [6.45, 7) is -0.0162. The molecular weight excluding hydrogens is 172 g/mol. The highest BCUT2D eigenvalue weighted by Gasteiger charge is 2.36. The molecule has 0 bridgehead atoms. The molecule has 11 heavy (non-hydrogen) atoms. The minimum Gasteiger partial charge on any atom is -0.480 e. The van der Waals surface area contributed by atoms with Crippen LogP contribution in [-0.2, 0) is 15.0 Å². The number of aliphatic carboxylic acids is 1. The summed E-state index contributed by atoms with van der Waals surface area (Å²) in [6.07, 6.45) is 0. The van der Waals surface area contributed by atoms with Crippen molar-refractivity contribution in [3.8, 4) is 0 Å². The van der Waals surface area contributed by atoms with E-state index >= 15 is 0 Å². The fraction of sp³-hybridized carbons (Fsp3) is 0.750. The van der Waals surface area contributed by atoms with Crippen molar-refractivity contribution in [3.05, 3.63) is 0 Å². The van der Waals surface area contributed by atoms with E-state index in [1.165, 1.54) is 7.05 Å². The van der Waals surface area contributed by atoms with Gasteiger partial charge in [0.05, 0.1) is 0 Å². The van der Waals surface area contributed by atoms with Crippen molar-refractivity contribution in [1.82, 2.24) is 9.03 Å². The fourth-order valence-corrected chi connectivity index (χ4v) is 1.85. The van der Waals surface area contributed by atoms with Gasteiger partial charge in [-0.2, -0.15) is 17.4 Å². The number of hydrogen-bond acceptors (Lipinski definition) is 3. The van der Waals surface area contributed by atoms with E-state index < -0.39 is 22.2 Å². The first-order valence-corrected chi connectivity index (χ1v) is 4.34. The Labute approximate surface area is 64.0 Å². The molecule has 64 valence electrons. The SMILES string of the molecule is CN1C[C@@H](C(=O)O)NS1(=O)=O. The summed E-state index contributed by atoms with van der Waals surface area (Å²) < 4.78 is 24.6. The molecule has 0 radical (unpaired) electrons. The molecule has 1 saturated heterocycles. The number of nitrogens with zero attached hydrogens (tertiary/aromatic N) is 1. The maximum atomic E-state index is 10.8. The lowest BCUT2D eigenvalue weighted by atomic mass is 10.3. The maximum absolute atomic E-state index is 10.8. The van der Waals surface area contributed by atoms with Gasteiger partial charge >= 0.3 is 5.97 Å². The second-order valence-corrected chi connectivity index (χ2v) is 4.10. The molecule has 7 heteroatoms. The number of carboxylic acid groups (broad SMARTS) is 1. The van der Waals surface area contributed by atoms with Crippen LogP contribution in [0.3, 0.4) is 0 Å². The highest BCUT2D eigenvalue weighted by Crippen LogP contribution is 2.06. The van der Waals surface area contributed by atoms with Crippen molar-refractivity contribution >= 4 is 16.2 Å². The number of carboxylic acids is 1. The highest BCUT2D eigenvalue weighted by atomic mass is 32.2. The Morgan fingerprint density at radius 2 is 2.27 bits per heavy atom. The van der Waals surface area contributed by atoms with Crippen LogP contribution in [0.5, 0.6) is 0 Å². The van der Waals surface area contributed by atoms with Crippen LogP contribution in [0.1, 0.15) is 0 Å². The van der Waals surface area contributed by atoms with Gasteiger partial charge in [-0.1, -0.05) is 0 Å². The summed E-state index contributed by atoms with van der Waals surface area (Å²) in [6, 6.07) is -1.01. The topological polar surface area (TPSA) is 86.7 Å². The molecule has 6 nitrogen and oxygen atoms in total. The van der Waals surface area contributed by atoms with Crippen LogP contribution in [0.25, 0.3) is 0 Å². The zero-order chi connectivity index (χ0) is 8.65. The number of nitrogens with one attached hydrogen (secondary N) is 1. The van der Waals surface area contributed by atoms with Crippen LogP contribution in [0, 0.1) is 0 Å². The van der Waals surface area contributed by atoms with Crippen LogP contribution in [0.15, 0.2) is 0 Å². The van der Waals surface area contributed by atoms with Crippen molar-refractivity contribution in [3.63, 3.8) is 0 Å². The van der Waals surface area contributed by atoms with E-state index in [1.807, 2.05) is 4.72 Å². The highest BCUT2D eigenvalue weighted by molar-refractivity contribution is 7.87. The molecule has 0 aromatic heterocycles. The normalized spacial score (nSPS) is 30.5. The molecule has 1 heterocycles. The van der Waals surface area contributed by atoms with Gasteiger partial charge in [-0.25, -0.2) is 0 Å². The molecule has 1 fully saturated rings. The maximum Gasteiger partial charge on any atom is 0.323 e. The van der Waals surface area contributed by atoms with Crippen molar-refractivity contribution in [2.45, 2.75) is 6.04 Å². The van der Waals surface area contributed by atoms with E-state index in [2.05, 4.69) is 0 Å². The Bertz CT molecular complexity index is 272. The fourth-order valence-electron chi connectivity index (χ4n) is 0.791. The second-order valence-electron chi connectivity index (χ2n) is 2.29. The lowest BCUT2D eigenvalue weighted by Gasteiger charge is -2.01. The van der Waals surface area contributed by atoms with Crippen LogP contribution in [0.4, 0.5) is 0 Å². The monoisotopic (exact) mass is 180 g/mol. The molecule has 0 aliphatic carbocycles. The molecule has 0 unspecified atom stereocenters. The third kappa shape index (κ3) is 1.50. The molecule has 0 aromatic rings. The van der Waals surface area contributed by atoms with Gasteiger partial charge in [0.25, 0.3) is 10.2 Å². The summed E-state index contributed by atoms with van der Waals surface area (Å²) >= 11 is 0. The molecular formula is C4H8N2O4S. The standard InChI is InChI=1S/C4H8N2O4S/c1-6-2-3(4(7)8)5-11(6,9)10/h3,5H,2H2,1H3,(H,7,8)/t3-/m0/s1. The average molecular weight is 180 g/mol. The van der Waals surface area contributed by atoms with E-state index in [1.54, 1.807) is 0 Å². The second kappa shape index (κ2) is 2.43. The lowest BCUT2D eigenvalue weighted by Crippen LogP contribution is -2.34. The van der Waals surface area contributed by atoms with Crippen LogP contribution < -0.4 is 4.72 Å². The van der Waals surface area contributed by atoms with Gasteiger partial charge in [0.15, 0.2) is 0 Å². The molecule has 1 rings (SSSR count). The first-order valence-electron chi connectivity index (χ1n) is 2.90. The van der Waals surface area contributed by atoms with Crippen LogP contribution in [-0.4, -0.2) is 43.4 Å². The zero-order valence-electron chi connectivity index (χ0n) is 5.81. The van der Waals surface area contributed by atoms with Crippen molar-refractivity contribution in [2.24, 2.45) is 0 Å². The summed E-state index contributed by atoms with van der Waals surface area (Å²) in [5, 5.41) is 8.41. The quantitative estimate of drug-likeness (QED) is 0.499. The molecule has 0 spiro atoms. The Balaban J connectivity index is 2.81. The first kappa shape index (κ1) is 8.44. The molecule has 1 aliphatic heterocycles. The predicted molar refractivity (Wildman–Crippen MR) is 36.1 cm³/mol. The summed E-state index contributed by atoms with van der Waals surface area (Å²) in [7, 11) is -2.19. The Morgan fingerprint density at radius 1 is 1.73 bits per heavy atom. The van der Waals surface area contributed by atoms with Gasteiger partial charge in [0.2, 0.25) is 0 Å². The molecule has 2 N–H and O–H groups in total. The summed E-state index contributed by atoms with van der Waals surface area (Å²) in [5.74, 6) is -1.15. The summed E-state index contributed by atoms with van der Waals surface area (Å²) in [5.41, 5.74) is 0. The molecule has 0 amide bonds. The summed E-state index contributed by atoms with van der Waals surface area (Å²) in [4.78, 5) is 10.3. The smallest absolute Gasteiger partial charge is 0.323 e. The van der Waals surface area contributed by atoms with Gasteiger partial charge in [-0.05, 0) is 0 Å². The van der Waals surface area contributed by atoms with Crippen LogP contribution >= 0.6 is 0 Å². The first-order chi connectivity index (χ1) is 4.93. The van der Waals surface area contributed by atoms with Gasteiger partial charge < -0.3 is 5.11 Å². The third-order valence-electron chi connectivity index (χ3n) is 1.44. The van der Waals surface area contributed by atoms with Crippen molar-refractivity contribution in [1.29, 1.82) is 0 Å². The van der Waals surface area contributed by atoms with E-state index in [0.717, 1.165) is 4.31 Å². The Hall–Kier alpha value is -0.660. The third-order valence-corrected chi connectivity index (χ3v) is 2.99. The van der Waals surface area contributed by atoms with E-state index in [-0.39, 0.29) is 6.54 Å². The largest absolute Gasteiger partial charge is 0.480 e. The predicted octanol–water partition coefficient (Wildman–Crippen LogP) is -1.78. The molecule has 0 aromatic carbocycles. The zero-order valence-corrected chi connectivity index (χ0v) is 6.63. The number of carbonyl (C=O) groups is 1. The molecule has 0 saturated carbocycles. The van der Waals surface area contributed by atoms with Crippen molar-refractivity contribution < 1.29 is 18.3 Å². The molecule has 1 atom stereocenters. The average Bonchev–Trinajstić information content (AvgIpc) is 2.08. The number of likely N-dealkylation sites (N-methyl/N-ethyl adjacent to an activating group) is 1. The van der Waals surface area contributed by atoms with E-state index in [0.29, 0.717) is 0 Å². The minimum atomic E-state index is -3.52. The van der Waals surface area contributed by atoms with Gasteiger partial charge in [0.1, 0.15) is 6.04 Å². The Morgan fingerprint density at radius 3 is 2.45 bits per heavy atom. The number of hydrogen-bond donors (Lipinski definition) is 2. The van der Waals surface area contributed by atoms with Gasteiger partial charge in [0, 0.05) is 13.6 Å². The lowest BCUT2D eigenvalue weighted by molar-refractivity contribution is -0.138. The molecule has 1 aliphatic rings. The minimum absolute atomic E-state index is 0.0162. The van der Waals surface area contributed by atoms with Crippen LogP contribution in [0.2, 0.25) is 0 Å². The van der Waals surface area contributed by atoms with Gasteiger partial charge in [-0.3, -0.25) is 4.79 Å². The van der Waals surface area contributed by atoms with Crippen molar-refractivity contribution in [2.75, 3.05) is 13.6 Å². The number of rotatable bonds is 1. The Kier molecular flexibility index (Phi) is 1.87.